The van der Waals surface area contributed by atoms with Crippen LogP contribution in [0.15, 0.2) is 11.1 Å². The first-order chi connectivity index (χ1) is 24.4. The van der Waals surface area contributed by atoms with Gasteiger partial charge in [-0.25, -0.2) is 13.6 Å². The molecule has 53 heavy (non-hydrogen) atoms. The van der Waals surface area contributed by atoms with Crippen LogP contribution in [0.1, 0.15) is 152 Å². The molecule has 8 atom stereocenters. The number of carbonyl (C=O) groups is 4. The predicted molar refractivity (Wildman–Crippen MR) is 199 cm³/mol. The highest BCUT2D eigenvalue weighted by Crippen LogP contribution is 2.76. The van der Waals surface area contributed by atoms with Crippen molar-refractivity contribution in [1.82, 2.24) is 10.6 Å². The van der Waals surface area contributed by atoms with Crippen LogP contribution >= 0.6 is 0 Å². The van der Waals surface area contributed by atoms with Crippen molar-refractivity contribution in [2.75, 3.05) is 6.54 Å². The number of rotatable bonds is 8. The lowest BCUT2D eigenvalue weighted by Gasteiger charge is -2.72. The number of alkyl halides is 2. The Morgan fingerprint density at radius 3 is 2.15 bits per heavy atom. The number of ether oxygens (including phenoxy) is 1. The molecule has 6 aliphatic rings. The Bertz CT molecular complexity index is 1540. The van der Waals surface area contributed by atoms with E-state index in [4.69, 9.17) is 4.74 Å². The quantitative estimate of drug-likeness (QED) is 0.213. The number of ketones is 1. The highest BCUT2D eigenvalue weighted by atomic mass is 19.3. The molecule has 3 N–H and O–H groups in total. The number of amides is 2. The van der Waals surface area contributed by atoms with Gasteiger partial charge in [-0.3, -0.25) is 14.4 Å². The summed E-state index contributed by atoms with van der Waals surface area (Å²) in [6, 6.07) is -0.305. The van der Waals surface area contributed by atoms with Gasteiger partial charge in [0.05, 0.1) is 17.4 Å². The normalized spacial score (nSPS) is 39.4. The summed E-state index contributed by atoms with van der Waals surface area (Å²) in [5, 5.41) is 16.0. The van der Waals surface area contributed by atoms with Crippen molar-refractivity contribution in [3.63, 3.8) is 0 Å². The van der Waals surface area contributed by atoms with Crippen molar-refractivity contribution in [2.24, 2.45) is 56.7 Å². The van der Waals surface area contributed by atoms with E-state index in [1.807, 2.05) is 0 Å². The number of carbonyl (C=O) groups excluding carboxylic acids is 3. The minimum Gasteiger partial charge on any atom is -0.481 e. The van der Waals surface area contributed by atoms with Crippen molar-refractivity contribution in [3.8, 4) is 0 Å². The largest absolute Gasteiger partial charge is 0.481 e. The van der Waals surface area contributed by atoms with Crippen LogP contribution in [0.5, 0.6) is 0 Å². The molecule has 4 unspecified atom stereocenters. The highest BCUT2D eigenvalue weighted by Gasteiger charge is 2.70. The Labute approximate surface area is 315 Å². The number of hydrogen-bond acceptors (Lipinski definition) is 5. The van der Waals surface area contributed by atoms with E-state index in [1.54, 1.807) is 13.8 Å². The topological polar surface area (TPSA) is 122 Å². The van der Waals surface area contributed by atoms with E-state index in [0.29, 0.717) is 37.6 Å². The van der Waals surface area contributed by atoms with Gasteiger partial charge in [-0.1, -0.05) is 48.5 Å². The number of aliphatic carboxylic acids is 1. The number of esters is 1. The Morgan fingerprint density at radius 1 is 0.868 bits per heavy atom. The van der Waals surface area contributed by atoms with Crippen molar-refractivity contribution >= 4 is 23.8 Å². The van der Waals surface area contributed by atoms with Gasteiger partial charge in [-0.2, -0.15) is 0 Å². The zero-order chi connectivity index (χ0) is 39.2. The van der Waals surface area contributed by atoms with Crippen LogP contribution in [0.25, 0.3) is 0 Å². The number of hydrogen-bond donors (Lipinski definition) is 3. The van der Waals surface area contributed by atoms with Gasteiger partial charge >= 0.3 is 18.0 Å². The van der Waals surface area contributed by atoms with Crippen molar-refractivity contribution in [1.29, 1.82) is 0 Å². The summed E-state index contributed by atoms with van der Waals surface area (Å²) in [7, 11) is 0. The van der Waals surface area contributed by atoms with Crippen LogP contribution < -0.4 is 10.6 Å². The lowest BCUT2D eigenvalue weighted by molar-refractivity contribution is -0.232. The monoisotopic (exact) mass is 744 g/mol. The van der Waals surface area contributed by atoms with Crippen LogP contribution in [0.3, 0.4) is 0 Å². The summed E-state index contributed by atoms with van der Waals surface area (Å²) in [4.78, 5) is 52.4. The molecule has 6 aliphatic carbocycles. The number of Topliss-reactive ketones (excluding diaryl/α,β-unsaturated/α-hetero) is 1. The first kappa shape index (κ1) is 40.2. The molecule has 0 heterocycles. The number of urea groups is 1. The van der Waals surface area contributed by atoms with Crippen LogP contribution in [0, 0.1) is 56.7 Å². The third kappa shape index (κ3) is 6.55. The molecular formula is C43H66F2N2O6. The van der Waals surface area contributed by atoms with E-state index >= 15 is 0 Å². The van der Waals surface area contributed by atoms with Gasteiger partial charge in [0, 0.05) is 31.2 Å². The number of fused-ring (bicyclic) bond motifs is 7. The zero-order valence-electron chi connectivity index (χ0n) is 33.8. The average Bonchev–Trinajstić information content (AvgIpc) is 3.33. The first-order valence-corrected chi connectivity index (χ1v) is 20.6. The van der Waals surface area contributed by atoms with Crippen LogP contribution in [-0.4, -0.2) is 53.0 Å². The van der Waals surface area contributed by atoms with Gasteiger partial charge < -0.3 is 20.5 Å². The van der Waals surface area contributed by atoms with Crippen molar-refractivity contribution in [3.05, 3.63) is 11.1 Å². The molecule has 0 bridgehead atoms. The lowest BCUT2D eigenvalue weighted by atomic mass is 9.33. The second kappa shape index (κ2) is 13.3. The fourth-order valence-corrected chi connectivity index (χ4v) is 13.4. The Morgan fingerprint density at radius 2 is 1.53 bits per heavy atom. The maximum absolute atomic E-state index is 13.9. The molecular weight excluding hydrogens is 678 g/mol. The molecule has 0 aromatic heterocycles. The summed E-state index contributed by atoms with van der Waals surface area (Å²) in [5.74, 6) is -2.94. The van der Waals surface area contributed by atoms with Gasteiger partial charge in [-0.15, -0.1) is 0 Å². The van der Waals surface area contributed by atoms with Crippen molar-refractivity contribution < 1.29 is 37.8 Å². The third-order valence-electron chi connectivity index (χ3n) is 16.5. The SMILES string of the molecule is CC(C)C1=C2C3CCC4C(C)(CCC5C(C)(C)[C@@H](OC(=O)CC(C)(C)C(=O)O)CC[C@@]54C)[C@]3(C)CC[C@@]2(NC(=O)NCC2CCC(F)(F)CC2)CC1=O. The Hall–Kier alpha value is -2.52. The Balaban J connectivity index is 1.23. The Kier molecular flexibility index (Phi) is 10.1. The van der Waals surface area contributed by atoms with Gasteiger partial charge in [0.2, 0.25) is 5.92 Å². The van der Waals surface area contributed by atoms with Gasteiger partial charge in [-0.05, 0) is 135 Å². The highest BCUT2D eigenvalue weighted by molar-refractivity contribution is 6.02. The lowest BCUT2D eigenvalue weighted by Crippen LogP contribution is -2.67. The molecule has 5 saturated carbocycles. The first-order valence-electron chi connectivity index (χ1n) is 20.6. The van der Waals surface area contributed by atoms with E-state index < -0.39 is 28.8 Å². The molecule has 0 radical (unpaired) electrons. The summed E-state index contributed by atoms with van der Waals surface area (Å²) >= 11 is 0. The van der Waals surface area contributed by atoms with Gasteiger partial charge in [0.25, 0.3) is 0 Å². The average molecular weight is 745 g/mol. The van der Waals surface area contributed by atoms with Gasteiger partial charge in [0.15, 0.2) is 5.78 Å². The molecule has 5 fully saturated rings. The van der Waals surface area contributed by atoms with E-state index in [-0.39, 0.29) is 83.0 Å². The standard InChI is InChI=1S/C43H66F2N2O6/c1-25(2)33-28(48)22-42(47-36(52)46-24-26-12-18-43(44,45)19-13-26)21-20-40(8)27(34(33)42)10-11-30-39(7)16-15-31(53-32(49)23-37(3,4)35(50)51)38(5,6)29(39)14-17-41(30,40)9/h25-27,29-31H,10-24H2,1-9H3,(H,50,51)(H2,46,47,52)/t27?,29?,30?,31-,39-,40+,41?,42+/m0/s1. The summed E-state index contributed by atoms with van der Waals surface area (Å²) in [6.45, 7) is 19.6. The molecule has 8 nitrogen and oxygen atoms in total. The van der Waals surface area contributed by atoms with Crippen molar-refractivity contribution in [2.45, 2.75) is 170 Å². The number of carboxylic acid groups (broad SMARTS) is 1. The molecule has 10 heteroatoms. The van der Waals surface area contributed by atoms with E-state index in [2.05, 4.69) is 59.1 Å². The van der Waals surface area contributed by atoms with E-state index in [1.165, 1.54) is 0 Å². The number of allylic oxidation sites excluding steroid dienone is 1. The molecule has 0 saturated heterocycles. The number of halogens is 2. The second-order valence-corrected chi connectivity index (χ2v) is 20.6. The van der Waals surface area contributed by atoms with Crippen LogP contribution in [0.4, 0.5) is 13.6 Å². The smallest absolute Gasteiger partial charge is 0.315 e. The van der Waals surface area contributed by atoms with E-state index in [0.717, 1.165) is 56.1 Å². The van der Waals surface area contributed by atoms with Crippen LogP contribution in [-0.2, 0) is 19.1 Å². The fraction of sp³-hybridized carbons (Fsp3) is 0.860. The molecule has 6 rings (SSSR count). The summed E-state index contributed by atoms with van der Waals surface area (Å²) in [6.07, 6.45) is 7.64. The predicted octanol–water partition coefficient (Wildman–Crippen LogP) is 9.26. The zero-order valence-corrected chi connectivity index (χ0v) is 33.8. The molecule has 0 aromatic rings. The molecule has 298 valence electrons. The molecule has 0 aliphatic heterocycles. The van der Waals surface area contributed by atoms with Gasteiger partial charge in [0.1, 0.15) is 6.10 Å². The van der Waals surface area contributed by atoms with Crippen LogP contribution in [0.2, 0.25) is 0 Å². The second-order valence-electron chi connectivity index (χ2n) is 20.6. The maximum atomic E-state index is 13.9. The minimum atomic E-state index is -2.61. The maximum Gasteiger partial charge on any atom is 0.315 e. The molecule has 2 amide bonds. The number of nitrogens with one attached hydrogen (secondary N) is 2. The molecule has 0 aromatic carbocycles. The minimum absolute atomic E-state index is 0.00946. The fourth-order valence-electron chi connectivity index (χ4n) is 13.4. The third-order valence-corrected chi connectivity index (χ3v) is 16.5. The molecule has 0 spiro atoms. The summed E-state index contributed by atoms with van der Waals surface area (Å²) < 4.78 is 33.7. The summed E-state index contributed by atoms with van der Waals surface area (Å²) in [5.41, 5.74) is -0.220. The number of carboxylic acids is 1. The van der Waals surface area contributed by atoms with E-state index in [9.17, 15) is 33.1 Å².